The number of thiophene rings is 1. The zero-order valence-electron chi connectivity index (χ0n) is 7.47. The minimum absolute atomic E-state index is 0.556. The van der Waals surface area contributed by atoms with E-state index in [4.69, 9.17) is 5.73 Å². The Bertz CT molecular complexity index is 256. The van der Waals surface area contributed by atoms with E-state index in [1.807, 2.05) is 11.3 Å². The number of fused-ring (bicyclic) bond motifs is 1. The second-order valence-corrected chi connectivity index (χ2v) is 4.76. The molecule has 12 heavy (non-hydrogen) atoms. The zero-order chi connectivity index (χ0) is 8.55. The fourth-order valence-electron chi connectivity index (χ4n) is 1.71. The van der Waals surface area contributed by atoms with E-state index >= 15 is 0 Å². The lowest BCUT2D eigenvalue weighted by atomic mass is 10.1. The van der Waals surface area contributed by atoms with Gasteiger partial charge in [0.25, 0.3) is 0 Å². The molecule has 0 fully saturated rings. The maximum atomic E-state index is 5.63. The third kappa shape index (κ3) is 1.29. The van der Waals surface area contributed by atoms with Crippen molar-refractivity contribution in [1.82, 2.24) is 0 Å². The van der Waals surface area contributed by atoms with Crippen LogP contribution in [0.2, 0.25) is 0 Å². The van der Waals surface area contributed by atoms with Crippen molar-refractivity contribution in [3.05, 3.63) is 21.4 Å². The van der Waals surface area contributed by atoms with Crippen LogP contribution in [0, 0.1) is 0 Å². The maximum Gasteiger partial charge on any atom is 0.00917 e. The van der Waals surface area contributed by atoms with Gasteiger partial charge in [-0.1, -0.05) is 6.92 Å². The van der Waals surface area contributed by atoms with Gasteiger partial charge in [0.05, 0.1) is 0 Å². The standard InChI is InChI=1S/C10H15NS/c1-7(6-11)10-5-8-3-2-4-9(8)12-10/h5,7H,2-4,6,11H2,1H3. The molecule has 0 saturated carbocycles. The Hall–Kier alpha value is -0.340. The second-order valence-electron chi connectivity index (χ2n) is 3.59. The first-order chi connectivity index (χ1) is 5.81. The molecule has 2 N–H and O–H groups in total. The Morgan fingerprint density at radius 3 is 3.08 bits per heavy atom. The molecule has 0 spiro atoms. The SMILES string of the molecule is CC(CN)c1cc2c(s1)CCC2. The van der Waals surface area contributed by atoms with Crippen LogP contribution in [0.4, 0.5) is 0 Å². The van der Waals surface area contributed by atoms with Gasteiger partial charge in [0.15, 0.2) is 0 Å². The van der Waals surface area contributed by atoms with Crippen molar-refractivity contribution in [3.8, 4) is 0 Å². The summed E-state index contributed by atoms with van der Waals surface area (Å²) in [5, 5.41) is 0. The van der Waals surface area contributed by atoms with Crippen LogP contribution in [0.1, 0.15) is 34.6 Å². The fourth-order valence-corrected chi connectivity index (χ4v) is 3.03. The predicted molar refractivity (Wildman–Crippen MR) is 53.8 cm³/mol. The van der Waals surface area contributed by atoms with Crippen molar-refractivity contribution in [3.63, 3.8) is 0 Å². The van der Waals surface area contributed by atoms with Crippen LogP contribution in [0.25, 0.3) is 0 Å². The predicted octanol–water partition coefficient (Wildman–Crippen LogP) is 2.30. The van der Waals surface area contributed by atoms with Gasteiger partial charge < -0.3 is 5.73 Å². The Kier molecular flexibility index (Phi) is 2.20. The first-order valence-corrected chi connectivity index (χ1v) is 5.44. The molecular weight excluding hydrogens is 166 g/mol. The normalized spacial score (nSPS) is 17.8. The summed E-state index contributed by atoms with van der Waals surface area (Å²) in [7, 11) is 0. The van der Waals surface area contributed by atoms with Crippen LogP contribution >= 0.6 is 11.3 Å². The first-order valence-electron chi connectivity index (χ1n) is 4.63. The van der Waals surface area contributed by atoms with Crippen LogP contribution in [0.15, 0.2) is 6.07 Å². The highest BCUT2D eigenvalue weighted by Gasteiger charge is 2.16. The summed E-state index contributed by atoms with van der Waals surface area (Å²) in [6.07, 6.45) is 3.96. The van der Waals surface area contributed by atoms with Crippen LogP contribution in [0.3, 0.4) is 0 Å². The van der Waals surface area contributed by atoms with Crippen LogP contribution in [0.5, 0.6) is 0 Å². The average molecular weight is 181 g/mol. The van der Waals surface area contributed by atoms with E-state index in [0.717, 1.165) is 6.54 Å². The van der Waals surface area contributed by atoms with Gasteiger partial charge in [0.2, 0.25) is 0 Å². The van der Waals surface area contributed by atoms with E-state index < -0.39 is 0 Å². The molecule has 1 aliphatic carbocycles. The monoisotopic (exact) mass is 181 g/mol. The van der Waals surface area contributed by atoms with E-state index in [2.05, 4.69) is 13.0 Å². The fraction of sp³-hybridized carbons (Fsp3) is 0.600. The van der Waals surface area contributed by atoms with Crippen molar-refractivity contribution in [2.24, 2.45) is 5.73 Å². The molecule has 1 aromatic heterocycles. The molecule has 66 valence electrons. The van der Waals surface area contributed by atoms with Gasteiger partial charge in [-0.2, -0.15) is 0 Å². The minimum Gasteiger partial charge on any atom is -0.330 e. The summed E-state index contributed by atoms with van der Waals surface area (Å²) in [6.45, 7) is 2.99. The Labute approximate surface area is 77.6 Å². The molecule has 0 saturated heterocycles. The highest BCUT2D eigenvalue weighted by atomic mass is 32.1. The average Bonchev–Trinajstić information content (AvgIpc) is 2.60. The van der Waals surface area contributed by atoms with E-state index in [1.165, 1.54) is 24.1 Å². The summed E-state index contributed by atoms with van der Waals surface area (Å²) < 4.78 is 0. The molecule has 0 bridgehead atoms. The van der Waals surface area contributed by atoms with Crippen molar-refractivity contribution in [2.75, 3.05) is 6.54 Å². The van der Waals surface area contributed by atoms with E-state index in [0.29, 0.717) is 5.92 Å². The lowest BCUT2D eigenvalue weighted by Gasteiger charge is -2.03. The molecular formula is C10H15NS. The largest absolute Gasteiger partial charge is 0.330 e. The van der Waals surface area contributed by atoms with Crippen LogP contribution < -0.4 is 5.73 Å². The summed E-state index contributed by atoms with van der Waals surface area (Å²) >= 11 is 1.97. The van der Waals surface area contributed by atoms with Gasteiger partial charge in [0.1, 0.15) is 0 Å². The summed E-state index contributed by atoms with van der Waals surface area (Å²) in [5.41, 5.74) is 7.22. The van der Waals surface area contributed by atoms with Gasteiger partial charge in [-0.3, -0.25) is 0 Å². The highest BCUT2D eigenvalue weighted by Crippen LogP contribution is 2.33. The van der Waals surface area contributed by atoms with E-state index in [9.17, 15) is 0 Å². The number of nitrogens with two attached hydrogens (primary N) is 1. The number of hydrogen-bond acceptors (Lipinski definition) is 2. The van der Waals surface area contributed by atoms with Crippen LogP contribution in [-0.2, 0) is 12.8 Å². The van der Waals surface area contributed by atoms with Gasteiger partial charge >= 0.3 is 0 Å². The van der Waals surface area contributed by atoms with E-state index in [1.54, 1.807) is 10.4 Å². The molecule has 2 heteroatoms. The van der Waals surface area contributed by atoms with Gasteiger partial charge in [-0.25, -0.2) is 0 Å². The molecule has 1 unspecified atom stereocenters. The number of aryl methyl sites for hydroxylation is 2. The third-order valence-corrected chi connectivity index (χ3v) is 4.07. The molecule has 1 aliphatic rings. The molecule has 1 atom stereocenters. The van der Waals surface area contributed by atoms with E-state index in [-0.39, 0.29) is 0 Å². The van der Waals surface area contributed by atoms with Crippen molar-refractivity contribution < 1.29 is 0 Å². The topological polar surface area (TPSA) is 26.0 Å². The Balaban J connectivity index is 2.25. The molecule has 1 heterocycles. The zero-order valence-corrected chi connectivity index (χ0v) is 8.29. The van der Waals surface area contributed by atoms with Crippen molar-refractivity contribution in [1.29, 1.82) is 0 Å². The summed E-state index contributed by atoms with van der Waals surface area (Å²) in [5.74, 6) is 0.556. The number of rotatable bonds is 2. The smallest absolute Gasteiger partial charge is 0.00917 e. The summed E-state index contributed by atoms with van der Waals surface area (Å²) in [6, 6.07) is 2.37. The van der Waals surface area contributed by atoms with Gasteiger partial charge in [-0.05, 0) is 37.4 Å². The Morgan fingerprint density at radius 2 is 2.42 bits per heavy atom. The minimum atomic E-state index is 0.556. The highest BCUT2D eigenvalue weighted by molar-refractivity contribution is 7.12. The lowest BCUT2D eigenvalue weighted by molar-refractivity contribution is 0.788. The van der Waals surface area contributed by atoms with Gasteiger partial charge in [-0.15, -0.1) is 11.3 Å². The third-order valence-electron chi connectivity index (χ3n) is 2.60. The molecule has 0 radical (unpaired) electrons. The van der Waals surface area contributed by atoms with Crippen molar-refractivity contribution >= 4 is 11.3 Å². The number of hydrogen-bond donors (Lipinski definition) is 1. The molecule has 0 amide bonds. The quantitative estimate of drug-likeness (QED) is 0.744. The molecule has 0 aliphatic heterocycles. The molecule has 0 aromatic carbocycles. The molecule has 1 nitrogen and oxygen atoms in total. The maximum absolute atomic E-state index is 5.63. The van der Waals surface area contributed by atoms with Gasteiger partial charge in [0, 0.05) is 15.7 Å². The van der Waals surface area contributed by atoms with Crippen molar-refractivity contribution in [2.45, 2.75) is 32.1 Å². The van der Waals surface area contributed by atoms with Crippen LogP contribution in [-0.4, -0.2) is 6.54 Å². The first kappa shape index (κ1) is 8.27. The lowest BCUT2D eigenvalue weighted by Crippen LogP contribution is -2.07. The molecule has 2 rings (SSSR count). The Morgan fingerprint density at radius 1 is 1.58 bits per heavy atom. The summed E-state index contributed by atoms with van der Waals surface area (Å²) in [4.78, 5) is 3.10. The second kappa shape index (κ2) is 3.19. The molecule has 1 aromatic rings.